The van der Waals surface area contributed by atoms with E-state index in [0.717, 1.165) is 25.2 Å². The molecule has 1 aromatic rings. The fraction of sp³-hybridized carbons (Fsp3) is 0.312. The first-order chi connectivity index (χ1) is 12.6. The zero-order chi connectivity index (χ0) is 20.4. The van der Waals surface area contributed by atoms with E-state index in [0.29, 0.717) is 6.07 Å². The molecule has 11 heteroatoms. The van der Waals surface area contributed by atoms with Gasteiger partial charge in [0.25, 0.3) is 0 Å². The summed E-state index contributed by atoms with van der Waals surface area (Å²) in [5.41, 5.74) is -2.46. The van der Waals surface area contributed by atoms with E-state index in [1.165, 1.54) is 6.07 Å². The van der Waals surface area contributed by atoms with E-state index < -0.39 is 29.2 Å². The molecule has 144 valence electrons. The Balaban J connectivity index is 2.73. The maximum atomic E-state index is 13.3. The van der Waals surface area contributed by atoms with Gasteiger partial charge in [0.1, 0.15) is 12.4 Å². The van der Waals surface area contributed by atoms with E-state index >= 15 is 0 Å². The summed E-state index contributed by atoms with van der Waals surface area (Å²) in [5.74, 6) is -1.84. The maximum absolute atomic E-state index is 13.3. The van der Waals surface area contributed by atoms with Crippen LogP contribution in [0.3, 0.4) is 0 Å². The summed E-state index contributed by atoms with van der Waals surface area (Å²) in [4.78, 5) is 25.2. The Hall–Kier alpha value is -2.58. The number of carbonyl (C=O) groups is 2. The Morgan fingerprint density at radius 1 is 1.26 bits per heavy atom. The molecule has 0 fully saturated rings. The second kappa shape index (κ2) is 7.98. The molecule has 0 aromatic heterocycles. The molecule has 2 rings (SSSR count). The second-order valence-electron chi connectivity index (χ2n) is 5.17. The lowest BCUT2D eigenvalue weighted by Crippen LogP contribution is -2.39. The highest BCUT2D eigenvalue weighted by molar-refractivity contribution is 9.10. The number of esters is 2. The highest BCUT2D eigenvalue weighted by atomic mass is 79.9. The van der Waals surface area contributed by atoms with Gasteiger partial charge in [0, 0.05) is 4.47 Å². The summed E-state index contributed by atoms with van der Waals surface area (Å²) in [7, 11) is 2.15. The molecule has 1 aliphatic heterocycles. The van der Waals surface area contributed by atoms with Gasteiger partial charge in [-0.05, 0) is 28.1 Å². The van der Waals surface area contributed by atoms with E-state index in [1.807, 2.05) is 0 Å². The van der Waals surface area contributed by atoms with Crippen LogP contribution in [0.2, 0.25) is 0 Å². The molecule has 0 spiro atoms. The molecule has 0 saturated carbocycles. The fourth-order valence-corrected chi connectivity index (χ4v) is 2.99. The van der Waals surface area contributed by atoms with Gasteiger partial charge in [0.15, 0.2) is 0 Å². The predicted octanol–water partition coefficient (Wildman–Crippen LogP) is 2.73. The molecule has 7 nitrogen and oxygen atoms in total. The molecule has 0 atom stereocenters. The summed E-state index contributed by atoms with van der Waals surface area (Å²) >= 11 is 3.09. The number of benzene rings is 1. The molecule has 1 aromatic carbocycles. The largest absolute Gasteiger partial charge is 0.466 e. The van der Waals surface area contributed by atoms with Gasteiger partial charge in [-0.15, -0.1) is 0 Å². The molecule has 0 amide bonds. The molecule has 0 radical (unpaired) electrons. The van der Waals surface area contributed by atoms with Crippen molar-refractivity contribution in [2.24, 2.45) is 0 Å². The normalized spacial score (nSPS) is 14.6. The minimum absolute atomic E-state index is 0.0863. The Bertz CT molecular complexity index is 861. The van der Waals surface area contributed by atoms with E-state index in [1.54, 1.807) is 0 Å². The van der Waals surface area contributed by atoms with Crippen molar-refractivity contribution in [2.45, 2.75) is 6.18 Å². The molecular formula is C16H12BrF3N2O5. The summed E-state index contributed by atoms with van der Waals surface area (Å²) in [6.07, 6.45) is -4.81. The number of alkyl halides is 3. The number of ether oxygens (including phenoxy) is 3. The summed E-state index contributed by atoms with van der Waals surface area (Å²) in [5, 5.41) is 8.98. The Kier molecular flexibility index (Phi) is 6.12. The standard InChI is InChI=1S/C16H12BrF3N2O5/c1-25-14(23)9-6-27-7-22(13(9)15(24)26-2)12-4-10(16(18,19)20)8(5-21)3-11(12)17/h3-4H,6-7H2,1-2H3. The average molecular weight is 449 g/mol. The Labute approximate surface area is 160 Å². The lowest BCUT2D eigenvalue weighted by atomic mass is 10.1. The molecule has 0 saturated heterocycles. The molecule has 0 aliphatic carbocycles. The number of carbonyl (C=O) groups excluding carboxylic acids is 2. The maximum Gasteiger partial charge on any atom is 0.417 e. The quantitative estimate of drug-likeness (QED) is 0.656. The van der Waals surface area contributed by atoms with E-state index in [9.17, 15) is 22.8 Å². The number of hydrogen-bond donors (Lipinski definition) is 0. The van der Waals surface area contributed by atoms with Gasteiger partial charge in [-0.25, -0.2) is 9.59 Å². The minimum atomic E-state index is -4.81. The number of hydrogen-bond acceptors (Lipinski definition) is 7. The van der Waals surface area contributed by atoms with E-state index in [2.05, 4.69) is 25.4 Å². The smallest absolute Gasteiger partial charge is 0.417 e. The molecule has 0 bridgehead atoms. The second-order valence-corrected chi connectivity index (χ2v) is 6.03. The van der Waals surface area contributed by atoms with Crippen LogP contribution in [0.15, 0.2) is 27.9 Å². The van der Waals surface area contributed by atoms with E-state index in [-0.39, 0.29) is 34.8 Å². The SMILES string of the molecule is COC(=O)C1=C(C(=O)OC)N(c2cc(C(F)(F)F)c(C#N)cc2Br)COC1. The van der Waals surface area contributed by atoms with Gasteiger partial charge >= 0.3 is 18.1 Å². The van der Waals surface area contributed by atoms with Crippen LogP contribution in [0.1, 0.15) is 11.1 Å². The zero-order valence-electron chi connectivity index (χ0n) is 14.0. The van der Waals surface area contributed by atoms with Gasteiger partial charge in [0.2, 0.25) is 0 Å². The van der Waals surface area contributed by atoms with Crippen molar-refractivity contribution >= 4 is 33.6 Å². The Morgan fingerprint density at radius 2 is 1.89 bits per heavy atom. The van der Waals surface area contributed by atoms with Crippen LogP contribution in [0.4, 0.5) is 18.9 Å². The van der Waals surface area contributed by atoms with Gasteiger partial charge in [-0.1, -0.05) is 0 Å². The number of halogens is 4. The van der Waals surface area contributed by atoms with Crippen LogP contribution >= 0.6 is 15.9 Å². The van der Waals surface area contributed by atoms with Crippen LogP contribution in [-0.4, -0.2) is 39.5 Å². The van der Waals surface area contributed by atoms with Gasteiger partial charge < -0.3 is 19.1 Å². The number of methoxy groups -OCH3 is 2. The van der Waals surface area contributed by atoms with Crippen LogP contribution in [-0.2, 0) is 30.0 Å². The summed E-state index contributed by atoms with van der Waals surface area (Å²) < 4.78 is 54.5. The topological polar surface area (TPSA) is 88.9 Å². The van der Waals surface area contributed by atoms with Crippen LogP contribution in [0, 0.1) is 11.3 Å². The van der Waals surface area contributed by atoms with Crippen LogP contribution in [0.25, 0.3) is 0 Å². The third-order valence-electron chi connectivity index (χ3n) is 3.64. The molecule has 1 heterocycles. The summed E-state index contributed by atoms with van der Waals surface area (Å²) in [6, 6.07) is 3.14. The van der Waals surface area contributed by atoms with E-state index in [4.69, 9.17) is 10.00 Å². The van der Waals surface area contributed by atoms with Crippen molar-refractivity contribution in [3.63, 3.8) is 0 Å². The van der Waals surface area contributed by atoms with Crippen molar-refractivity contribution in [1.29, 1.82) is 5.26 Å². The van der Waals surface area contributed by atoms with Gasteiger partial charge in [-0.3, -0.25) is 0 Å². The number of nitrogens with zero attached hydrogens (tertiary/aromatic N) is 2. The monoisotopic (exact) mass is 448 g/mol. The molecule has 27 heavy (non-hydrogen) atoms. The van der Waals surface area contributed by atoms with Crippen molar-refractivity contribution in [3.05, 3.63) is 39.0 Å². The fourth-order valence-electron chi connectivity index (χ4n) is 2.43. The zero-order valence-corrected chi connectivity index (χ0v) is 15.6. The third kappa shape index (κ3) is 4.06. The third-order valence-corrected chi connectivity index (χ3v) is 4.27. The minimum Gasteiger partial charge on any atom is -0.466 e. The number of anilines is 1. The first-order valence-corrected chi connectivity index (χ1v) is 8.00. The van der Waals surface area contributed by atoms with Crippen LogP contribution in [0.5, 0.6) is 0 Å². The van der Waals surface area contributed by atoms with Gasteiger partial charge in [-0.2, -0.15) is 18.4 Å². The number of nitriles is 1. The first-order valence-electron chi connectivity index (χ1n) is 7.21. The lowest BCUT2D eigenvalue weighted by molar-refractivity contribution is -0.140. The first kappa shape index (κ1) is 20.7. The predicted molar refractivity (Wildman–Crippen MR) is 88.2 cm³/mol. The lowest BCUT2D eigenvalue weighted by Gasteiger charge is -2.32. The Morgan fingerprint density at radius 3 is 2.41 bits per heavy atom. The molecule has 0 unspecified atom stereocenters. The van der Waals surface area contributed by atoms with Crippen LogP contribution < -0.4 is 4.90 Å². The van der Waals surface area contributed by atoms with Crippen molar-refractivity contribution in [3.8, 4) is 6.07 Å². The van der Waals surface area contributed by atoms with Gasteiger partial charge in [0.05, 0.1) is 49.3 Å². The van der Waals surface area contributed by atoms with Crippen molar-refractivity contribution < 1.29 is 37.0 Å². The van der Waals surface area contributed by atoms with Crippen molar-refractivity contribution in [2.75, 3.05) is 32.5 Å². The summed E-state index contributed by atoms with van der Waals surface area (Å²) in [6.45, 7) is -0.611. The molecule has 0 N–H and O–H groups in total. The highest BCUT2D eigenvalue weighted by Gasteiger charge is 2.38. The number of rotatable bonds is 3. The average Bonchev–Trinajstić information content (AvgIpc) is 2.64. The van der Waals surface area contributed by atoms with Crippen molar-refractivity contribution in [1.82, 2.24) is 0 Å². The molecule has 1 aliphatic rings. The molecular weight excluding hydrogens is 437 g/mol. The highest BCUT2D eigenvalue weighted by Crippen LogP contribution is 2.40.